The molecule has 0 saturated heterocycles. The number of pyridine rings is 1. The average molecular weight is 337 g/mol. The number of amides is 1. The van der Waals surface area contributed by atoms with Gasteiger partial charge in [-0.1, -0.05) is 12.1 Å². The maximum absolute atomic E-state index is 12.1. The minimum atomic E-state index is -0.211. The van der Waals surface area contributed by atoms with Gasteiger partial charge in [0.05, 0.1) is 0 Å². The Morgan fingerprint density at radius 3 is 3.04 bits per heavy atom. The zero-order valence-electron chi connectivity index (χ0n) is 14.2. The van der Waals surface area contributed by atoms with Gasteiger partial charge in [0.1, 0.15) is 17.5 Å². The van der Waals surface area contributed by atoms with Gasteiger partial charge in [-0.25, -0.2) is 4.98 Å². The Morgan fingerprint density at radius 1 is 1.40 bits per heavy atom. The number of nitrogens with one attached hydrogen (secondary N) is 1. The summed E-state index contributed by atoms with van der Waals surface area (Å²) in [6.07, 6.45) is 5.17. The van der Waals surface area contributed by atoms with Crippen LogP contribution in [0.2, 0.25) is 0 Å². The van der Waals surface area contributed by atoms with Crippen LogP contribution >= 0.6 is 0 Å². The molecule has 1 fully saturated rings. The monoisotopic (exact) mass is 337 g/mol. The highest BCUT2D eigenvalue weighted by Gasteiger charge is 2.39. The van der Waals surface area contributed by atoms with Gasteiger partial charge >= 0.3 is 0 Å². The summed E-state index contributed by atoms with van der Waals surface area (Å²) >= 11 is 0. The number of nitrogens with zero attached hydrogens (tertiary/aromatic N) is 2. The number of aryl methyl sites for hydroxylation is 1. The molecule has 2 heterocycles. The van der Waals surface area contributed by atoms with Crippen LogP contribution in [0.15, 0.2) is 41.1 Å². The molecule has 0 aliphatic heterocycles. The maximum atomic E-state index is 12.1. The molecular formula is C19H19N3O3. The van der Waals surface area contributed by atoms with Crippen molar-refractivity contribution in [1.29, 1.82) is 0 Å². The third-order valence-corrected chi connectivity index (χ3v) is 4.36. The van der Waals surface area contributed by atoms with Gasteiger partial charge in [0.25, 0.3) is 5.91 Å². The van der Waals surface area contributed by atoms with Crippen molar-refractivity contribution in [2.45, 2.75) is 38.8 Å². The highest BCUT2D eigenvalue weighted by molar-refractivity contribution is 5.92. The second kappa shape index (κ2) is 5.88. The number of carbonyl (C=O) groups excluding carboxylic acids is 1. The molecule has 2 aromatic heterocycles. The van der Waals surface area contributed by atoms with E-state index in [1.807, 2.05) is 32.0 Å². The molecule has 1 aliphatic rings. The van der Waals surface area contributed by atoms with Crippen molar-refractivity contribution in [2.75, 3.05) is 0 Å². The number of fused-ring (bicyclic) bond motifs is 1. The normalized spacial score (nSPS) is 15.1. The van der Waals surface area contributed by atoms with Crippen molar-refractivity contribution in [3.63, 3.8) is 0 Å². The van der Waals surface area contributed by atoms with Gasteiger partial charge in [-0.15, -0.1) is 0 Å². The maximum Gasteiger partial charge on any atom is 0.273 e. The molecule has 1 N–H and O–H groups in total. The first kappa shape index (κ1) is 15.6. The molecular weight excluding hydrogens is 318 g/mol. The molecule has 0 spiro atoms. The fourth-order valence-electron chi connectivity index (χ4n) is 2.63. The summed E-state index contributed by atoms with van der Waals surface area (Å²) in [4.78, 5) is 20.8. The lowest BCUT2D eigenvalue weighted by atomic mass is 10.1. The second-order valence-corrected chi connectivity index (χ2v) is 6.77. The van der Waals surface area contributed by atoms with Gasteiger partial charge in [-0.2, -0.15) is 0 Å². The topological polar surface area (TPSA) is 77.2 Å². The van der Waals surface area contributed by atoms with Crippen LogP contribution in [0, 0.1) is 6.92 Å². The van der Waals surface area contributed by atoms with Crippen LogP contribution in [0.5, 0.6) is 5.75 Å². The van der Waals surface area contributed by atoms with Crippen molar-refractivity contribution >= 4 is 16.8 Å². The molecule has 1 aliphatic carbocycles. The van der Waals surface area contributed by atoms with E-state index in [0.29, 0.717) is 11.6 Å². The molecule has 3 aromatic rings. The van der Waals surface area contributed by atoms with E-state index in [1.165, 1.54) is 6.26 Å². The first-order chi connectivity index (χ1) is 12.0. The van der Waals surface area contributed by atoms with Gasteiger partial charge in [0.15, 0.2) is 12.3 Å². The molecule has 4 rings (SSSR count). The second-order valence-electron chi connectivity index (χ2n) is 6.77. The molecule has 25 heavy (non-hydrogen) atoms. The van der Waals surface area contributed by atoms with Crippen molar-refractivity contribution in [3.05, 3.63) is 53.9 Å². The van der Waals surface area contributed by atoms with Crippen LogP contribution < -0.4 is 10.1 Å². The molecule has 0 atom stereocenters. The third kappa shape index (κ3) is 3.33. The molecule has 0 radical (unpaired) electrons. The van der Waals surface area contributed by atoms with E-state index in [4.69, 9.17) is 9.15 Å². The number of aromatic nitrogens is 2. The smallest absolute Gasteiger partial charge is 0.273 e. The number of hydrogen-bond donors (Lipinski definition) is 1. The number of ether oxygens (including phenoxy) is 1. The number of rotatable bonds is 5. The van der Waals surface area contributed by atoms with E-state index in [2.05, 4.69) is 21.4 Å². The van der Waals surface area contributed by atoms with Crippen LogP contribution in [0.3, 0.4) is 0 Å². The molecule has 6 nitrogen and oxygen atoms in total. The van der Waals surface area contributed by atoms with Gasteiger partial charge in [-0.05, 0) is 44.4 Å². The van der Waals surface area contributed by atoms with Crippen LogP contribution in [0.25, 0.3) is 10.9 Å². The minimum absolute atomic E-state index is 0.0839. The van der Waals surface area contributed by atoms with E-state index in [-0.39, 0.29) is 23.7 Å². The Balaban J connectivity index is 1.46. The van der Waals surface area contributed by atoms with Crippen molar-refractivity contribution in [2.24, 2.45) is 0 Å². The average Bonchev–Trinajstić information content (AvgIpc) is 3.12. The lowest BCUT2D eigenvalue weighted by Gasteiger charge is -2.08. The third-order valence-electron chi connectivity index (χ3n) is 4.36. The Morgan fingerprint density at radius 2 is 2.24 bits per heavy atom. The summed E-state index contributed by atoms with van der Waals surface area (Å²) in [6, 6.07) is 7.83. The molecule has 1 aromatic carbocycles. The van der Waals surface area contributed by atoms with Crippen molar-refractivity contribution in [3.8, 4) is 5.75 Å². The number of carbonyl (C=O) groups is 1. The van der Waals surface area contributed by atoms with Crippen LogP contribution in [0.1, 0.15) is 41.7 Å². The molecule has 128 valence electrons. The van der Waals surface area contributed by atoms with Gasteiger partial charge in [0, 0.05) is 17.1 Å². The van der Waals surface area contributed by atoms with Crippen LogP contribution in [-0.4, -0.2) is 21.4 Å². The summed E-state index contributed by atoms with van der Waals surface area (Å²) in [7, 11) is 0. The number of para-hydroxylation sites is 1. The van der Waals surface area contributed by atoms with Crippen molar-refractivity contribution in [1.82, 2.24) is 15.3 Å². The largest absolute Gasteiger partial charge is 0.482 e. The summed E-state index contributed by atoms with van der Waals surface area (Å²) < 4.78 is 11.2. The standard InChI is InChI=1S/C19H19N3O3/c1-12-8-13-4-3-5-15(17(13)20-9-12)24-11-16-21-14(10-25-16)18(23)22-19(2)6-7-19/h3-5,8-10H,6-7,11H2,1-2H3,(H,22,23). The highest BCUT2D eigenvalue weighted by Crippen LogP contribution is 2.34. The fraction of sp³-hybridized carbons (Fsp3) is 0.316. The van der Waals surface area contributed by atoms with Crippen molar-refractivity contribution < 1.29 is 13.9 Å². The fourth-order valence-corrected chi connectivity index (χ4v) is 2.63. The molecule has 1 amide bonds. The highest BCUT2D eigenvalue weighted by atomic mass is 16.5. The van der Waals surface area contributed by atoms with E-state index >= 15 is 0 Å². The lowest BCUT2D eigenvalue weighted by molar-refractivity contribution is 0.0930. The predicted molar refractivity (Wildman–Crippen MR) is 92.4 cm³/mol. The zero-order chi connectivity index (χ0) is 17.4. The summed E-state index contributed by atoms with van der Waals surface area (Å²) in [5.41, 5.74) is 2.08. The number of oxazole rings is 1. The van der Waals surface area contributed by atoms with E-state index in [0.717, 1.165) is 29.3 Å². The van der Waals surface area contributed by atoms with Gasteiger partial charge in [0.2, 0.25) is 5.89 Å². The van der Waals surface area contributed by atoms with Crippen LogP contribution in [-0.2, 0) is 6.61 Å². The van der Waals surface area contributed by atoms with E-state index in [9.17, 15) is 4.79 Å². The van der Waals surface area contributed by atoms with Crippen LogP contribution in [0.4, 0.5) is 0 Å². The zero-order valence-corrected chi connectivity index (χ0v) is 14.2. The first-order valence-electron chi connectivity index (χ1n) is 8.28. The minimum Gasteiger partial charge on any atom is -0.482 e. The summed E-state index contributed by atoms with van der Waals surface area (Å²) in [6.45, 7) is 4.16. The summed E-state index contributed by atoms with van der Waals surface area (Å²) in [5, 5.41) is 3.97. The number of hydrogen-bond acceptors (Lipinski definition) is 5. The predicted octanol–water partition coefficient (Wildman–Crippen LogP) is 3.39. The quantitative estimate of drug-likeness (QED) is 0.772. The molecule has 1 saturated carbocycles. The first-order valence-corrected chi connectivity index (χ1v) is 8.28. The SMILES string of the molecule is Cc1cnc2c(OCc3nc(C(=O)NC4(C)CC4)co3)cccc2c1. The summed E-state index contributed by atoms with van der Waals surface area (Å²) in [5.74, 6) is 0.805. The Kier molecular flexibility index (Phi) is 3.67. The number of benzene rings is 1. The lowest BCUT2D eigenvalue weighted by Crippen LogP contribution is -2.34. The Bertz CT molecular complexity index is 944. The van der Waals surface area contributed by atoms with Gasteiger partial charge < -0.3 is 14.5 Å². The molecule has 6 heteroatoms. The molecule has 0 unspecified atom stereocenters. The molecule has 0 bridgehead atoms. The van der Waals surface area contributed by atoms with E-state index < -0.39 is 0 Å². The Labute approximate surface area is 145 Å². The Hall–Kier alpha value is -2.89. The van der Waals surface area contributed by atoms with E-state index in [1.54, 1.807) is 6.20 Å². The van der Waals surface area contributed by atoms with Gasteiger partial charge in [-0.3, -0.25) is 9.78 Å².